The second-order valence-electron chi connectivity index (χ2n) is 8.91. The van der Waals surface area contributed by atoms with Crippen LogP contribution in [0.3, 0.4) is 0 Å². The molecule has 0 radical (unpaired) electrons. The predicted molar refractivity (Wildman–Crippen MR) is 147 cm³/mol. The highest BCUT2D eigenvalue weighted by Crippen LogP contribution is 2.27. The lowest BCUT2D eigenvalue weighted by atomic mass is 10.1. The van der Waals surface area contributed by atoms with Gasteiger partial charge in [-0.3, -0.25) is 4.79 Å². The van der Waals surface area contributed by atoms with E-state index in [0.717, 1.165) is 47.2 Å². The van der Waals surface area contributed by atoms with E-state index in [0.29, 0.717) is 31.1 Å². The molecule has 7 heteroatoms. The van der Waals surface area contributed by atoms with Crippen LogP contribution in [0.1, 0.15) is 21.5 Å². The van der Waals surface area contributed by atoms with Crippen LogP contribution in [0.5, 0.6) is 5.75 Å². The lowest BCUT2D eigenvalue weighted by Gasteiger charge is -2.27. The molecule has 37 heavy (non-hydrogen) atoms. The Hall–Kier alpha value is -4.36. The molecule has 5 rings (SSSR count). The van der Waals surface area contributed by atoms with Crippen molar-refractivity contribution < 1.29 is 14.3 Å². The molecule has 1 amide bonds. The zero-order valence-corrected chi connectivity index (χ0v) is 20.8. The summed E-state index contributed by atoms with van der Waals surface area (Å²) in [4.78, 5) is 19.6. The molecular formula is C30H30N4O3. The summed E-state index contributed by atoms with van der Waals surface area (Å²) in [5.41, 5.74) is 5.26. The van der Waals surface area contributed by atoms with Crippen molar-refractivity contribution in [3.8, 4) is 5.75 Å². The number of nitrogens with one attached hydrogen (secondary N) is 2. The summed E-state index contributed by atoms with van der Waals surface area (Å²) in [7, 11) is 0. The standard InChI is InChI=1S/C30H30N4O3/c1-22-10-11-26(33-30(35)24-12-13-31-29(18-24)34-14-16-36-17-15-34)20-28(22)32-25-8-5-9-27(19-25)37-21-23-6-3-2-4-7-23/h2-13,18-20,32H,14-17,21H2,1H3,(H,33,35). The molecule has 7 nitrogen and oxygen atoms in total. The third kappa shape index (κ3) is 6.45. The van der Waals surface area contributed by atoms with E-state index in [4.69, 9.17) is 9.47 Å². The Bertz CT molecular complexity index is 1350. The number of anilines is 4. The SMILES string of the molecule is Cc1ccc(NC(=O)c2ccnc(N3CCOCC3)c2)cc1Nc1cccc(OCc2ccccc2)c1. The van der Waals surface area contributed by atoms with E-state index in [-0.39, 0.29) is 5.91 Å². The average Bonchev–Trinajstić information content (AvgIpc) is 2.95. The van der Waals surface area contributed by atoms with Crippen LogP contribution in [0.15, 0.2) is 91.1 Å². The lowest BCUT2D eigenvalue weighted by molar-refractivity contribution is 0.102. The Morgan fingerprint density at radius 1 is 0.946 bits per heavy atom. The molecular weight excluding hydrogens is 464 g/mol. The molecule has 4 aromatic rings. The van der Waals surface area contributed by atoms with Gasteiger partial charge in [-0.25, -0.2) is 4.98 Å². The molecule has 2 heterocycles. The molecule has 1 aliphatic rings. The number of rotatable bonds is 8. The number of amides is 1. The smallest absolute Gasteiger partial charge is 0.255 e. The first-order chi connectivity index (χ1) is 18.1. The number of carbonyl (C=O) groups is 1. The van der Waals surface area contributed by atoms with Gasteiger partial charge in [0.1, 0.15) is 18.2 Å². The molecule has 0 saturated carbocycles. The molecule has 188 valence electrons. The third-order valence-electron chi connectivity index (χ3n) is 6.20. The summed E-state index contributed by atoms with van der Waals surface area (Å²) < 4.78 is 11.4. The second-order valence-corrected chi connectivity index (χ2v) is 8.91. The fourth-order valence-electron chi connectivity index (χ4n) is 4.12. The molecule has 1 saturated heterocycles. The average molecular weight is 495 g/mol. The molecule has 2 N–H and O–H groups in total. The number of nitrogens with zero attached hydrogens (tertiary/aromatic N) is 2. The van der Waals surface area contributed by atoms with Crippen molar-refractivity contribution in [2.45, 2.75) is 13.5 Å². The van der Waals surface area contributed by atoms with Gasteiger partial charge in [0.2, 0.25) is 0 Å². The van der Waals surface area contributed by atoms with Crippen LogP contribution in [0.4, 0.5) is 22.9 Å². The van der Waals surface area contributed by atoms with E-state index < -0.39 is 0 Å². The minimum Gasteiger partial charge on any atom is -0.489 e. The highest BCUT2D eigenvalue weighted by Gasteiger charge is 2.15. The normalized spacial score (nSPS) is 13.2. The first-order valence-corrected chi connectivity index (χ1v) is 12.4. The molecule has 0 bridgehead atoms. The quantitative estimate of drug-likeness (QED) is 0.322. The largest absolute Gasteiger partial charge is 0.489 e. The number of aromatic nitrogens is 1. The van der Waals surface area contributed by atoms with Gasteiger partial charge in [0.25, 0.3) is 5.91 Å². The molecule has 1 aromatic heterocycles. The van der Waals surface area contributed by atoms with Crippen LogP contribution in [-0.4, -0.2) is 37.2 Å². The highest BCUT2D eigenvalue weighted by atomic mass is 16.5. The number of morpholine rings is 1. The fourth-order valence-corrected chi connectivity index (χ4v) is 4.12. The van der Waals surface area contributed by atoms with Crippen LogP contribution < -0.4 is 20.3 Å². The fraction of sp³-hybridized carbons (Fsp3) is 0.200. The summed E-state index contributed by atoms with van der Waals surface area (Å²) in [5, 5.41) is 6.47. The van der Waals surface area contributed by atoms with Crippen LogP contribution in [-0.2, 0) is 11.3 Å². The number of hydrogen-bond acceptors (Lipinski definition) is 6. The summed E-state index contributed by atoms with van der Waals surface area (Å²) in [5.74, 6) is 1.39. The van der Waals surface area contributed by atoms with E-state index in [2.05, 4.69) is 20.5 Å². The maximum atomic E-state index is 13.0. The van der Waals surface area contributed by atoms with E-state index in [1.807, 2.05) is 85.8 Å². The van der Waals surface area contributed by atoms with Crippen molar-refractivity contribution in [3.05, 3.63) is 108 Å². The Kier molecular flexibility index (Phi) is 7.62. The van der Waals surface area contributed by atoms with Crippen molar-refractivity contribution in [2.75, 3.05) is 41.8 Å². The molecule has 1 fully saturated rings. The minimum absolute atomic E-state index is 0.178. The van der Waals surface area contributed by atoms with Gasteiger partial charge < -0.3 is 25.0 Å². The summed E-state index contributed by atoms with van der Waals surface area (Å²) >= 11 is 0. The molecule has 3 aromatic carbocycles. The molecule has 0 unspecified atom stereocenters. The van der Waals surface area contributed by atoms with E-state index in [1.165, 1.54) is 0 Å². The Morgan fingerprint density at radius 2 is 1.78 bits per heavy atom. The lowest BCUT2D eigenvalue weighted by Crippen LogP contribution is -2.36. The van der Waals surface area contributed by atoms with E-state index >= 15 is 0 Å². The first-order valence-electron chi connectivity index (χ1n) is 12.4. The van der Waals surface area contributed by atoms with Gasteiger partial charge in [0, 0.05) is 48.0 Å². The predicted octanol–water partition coefficient (Wildman–Crippen LogP) is 5.80. The maximum Gasteiger partial charge on any atom is 0.255 e. The number of aryl methyl sites for hydroxylation is 1. The summed E-state index contributed by atoms with van der Waals surface area (Å²) in [6.45, 7) is 5.40. The number of carbonyl (C=O) groups excluding carboxylic acids is 1. The Labute approximate surface area is 217 Å². The van der Waals surface area contributed by atoms with Crippen LogP contribution >= 0.6 is 0 Å². The number of ether oxygens (including phenoxy) is 2. The van der Waals surface area contributed by atoms with Gasteiger partial charge in [-0.1, -0.05) is 42.5 Å². The zero-order valence-electron chi connectivity index (χ0n) is 20.8. The van der Waals surface area contributed by atoms with Gasteiger partial charge in [0.05, 0.1) is 13.2 Å². The van der Waals surface area contributed by atoms with Crippen molar-refractivity contribution >= 4 is 28.8 Å². The van der Waals surface area contributed by atoms with Gasteiger partial charge in [0.15, 0.2) is 0 Å². The monoisotopic (exact) mass is 494 g/mol. The topological polar surface area (TPSA) is 75.7 Å². The molecule has 0 spiro atoms. The summed E-state index contributed by atoms with van der Waals surface area (Å²) in [6, 6.07) is 27.3. The Morgan fingerprint density at radius 3 is 2.62 bits per heavy atom. The van der Waals surface area contributed by atoms with Gasteiger partial charge >= 0.3 is 0 Å². The second kappa shape index (κ2) is 11.6. The van der Waals surface area contributed by atoms with Crippen molar-refractivity contribution in [3.63, 3.8) is 0 Å². The Balaban J connectivity index is 1.25. The van der Waals surface area contributed by atoms with Crippen LogP contribution in [0.2, 0.25) is 0 Å². The van der Waals surface area contributed by atoms with Crippen LogP contribution in [0, 0.1) is 6.92 Å². The molecule has 1 aliphatic heterocycles. The molecule has 0 atom stereocenters. The number of hydrogen-bond donors (Lipinski definition) is 2. The number of benzene rings is 3. The summed E-state index contributed by atoms with van der Waals surface area (Å²) in [6.07, 6.45) is 1.68. The van der Waals surface area contributed by atoms with Crippen molar-refractivity contribution in [2.24, 2.45) is 0 Å². The van der Waals surface area contributed by atoms with Crippen LogP contribution in [0.25, 0.3) is 0 Å². The van der Waals surface area contributed by atoms with Crippen molar-refractivity contribution in [1.29, 1.82) is 0 Å². The number of pyridine rings is 1. The van der Waals surface area contributed by atoms with Crippen molar-refractivity contribution in [1.82, 2.24) is 4.98 Å². The zero-order chi connectivity index (χ0) is 25.5. The molecule has 0 aliphatic carbocycles. The maximum absolute atomic E-state index is 13.0. The third-order valence-corrected chi connectivity index (χ3v) is 6.20. The van der Waals surface area contributed by atoms with Gasteiger partial charge in [-0.2, -0.15) is 0 Å². The van der Waals surface area contributed by atoms with Gasteiger partial charge in [-0.05, 0) is 54.4 Å². The minimum atomic E-state index is -0.178. The van der Waals surface area contributed by atoms with Gasteiger partial charge in [-0.15, -0.1) is 0 Å². The van der Waals surface area contributed by atoms with E-state index in [1.54, 1.807) is 12.3 Å². The first kappa shape index (κ1) is 24.3. The highest BCUT2D eigenvalue weighted by molar-refractivity contribution is 6.05. The van der Waals surface area contributed by atoms with E-state index in [9.17, 15) is 4.79 Å².